The molecule has 0 N–H and O–H groups in total. The first kappa shape index (κ1) is 21.0. The van der Waals surface area contributed by atoms with Gasteiger partial charge in [-0.2, -0.15) is 0 Å². The molecular weight excluding hydrogens is 378 g/mol. The van der Waals surface area contributed by atoms with Gasteiger partial charge in [-0.3, -0.25) is 15.0 Å². The second kappa shape index (κ2) is 8.37. The highest BCUT2D eigenvalue weighted by Crippen LogP contribution is 2.33. The molecule has 0 amide bonds. The molecule has 0 unspecified atom stereocenters. The minimum Gasteiger partial charge on any atom is -0.369 e. The number of benzene rings is 1. The summed E-state index contributed by atoms with van der Waals surface area (Å²) in [6, 6.07) is 5.08. The third-order valence-electron chi connectivity index (χ3n) is 6.42. The molecule has 1 aliphatic carbocycles. The van der Waals surface area contributed by atoms with Gasteiger partial charge in [-0.05, 0) is 49.7 Å². The molecule has 3 rings (SSSR count). The first-order valence-corrected chi connectivity index (χ1v) is 12.0. The van der Waals surface area contributed by atoms with Crippen LogP contribution in [-0.4, -0.2) is 56.7 Å². The van der Waals surface area contributed by atoms with Crippen molar-refractivity contribution in [2.24, 2.45) is 11.8 Å². The number of rotatable bonds is 5. The maximum atomic E-state index is 12.0. The van der Waals surface area contributed by atoms with Crippen LogP contribution in [0.3, 0.4) is 0 Å². The minimum absolute atomic E-state index is 0.204. The summed E-state index contributed by atoms with van der Waals surface area (Å²) in [5, 5.41) is 11.2. The normalized spacial score (nSPS) is 24.5. The van der Waals surface area contributed by atoms with E-state index >= 15 is 0 Å². The molecule has 0 radical (unpaired) electrons. The van der Waals surface area contributed by atoms with E-state index in [0.29, 0.717) is 6.04 Å². The van der Waals surface area contributed by atoms with Crippen molar-refractivity contribution < 1.29 is 13.3 Å². The molecule has 0 spiro atoms. The van der Waals surface area contributed by atoms with Gasteiger partial charge in [0, 0.05) is 50.2 Å². The minimum atomic E-state index is -3.66. The van der Waals surface area contributed by atoms with Crippen molar-refractivity contribution >= 4 is 21.2 Å². The monoisotopic (exact) mass is 409 g/mol. The topological polar surface area (TPSA) is 83.8 Å². The number of piperazine rings is 1. The Morgan fingerprint density at radius 1 is 1.07 bits per heavy atom. The van der Waals surface area contributed by atoms with E-state index in [2.05, 4.69) is 23.6 Å². The fourth-order valence-corrected chi connectivity index (χ4v) is 5.48. The molecule has 1 saturated heterocycles. The third-order valence-corrected chi connectivity index (χ3v) is 7.55. The second-order valence-corrected chi connectivity index (χ2v) is 10.5. The average Bonchev–Trinajstić information content (AvgIpc) is 2.67. The van der Waals surface area contributed by atoms with Crippen LogP contribution in [0.1, 0.15) is 39.5 Å². The largest absolute Gasteiger partial charge is 0.369 e. The molecule has 0 aromatic heterocycles. The SMILES string of the molecule is CC(C)C1CCC(N2CCN(c3ccc([N+](=O)[O-])c(S(C)(=O)=O)c3)CC2)CC1. The number of sulfone groups is 1. The Bertz CT molecular complexity index is 809. The van der Waals surface area contributed by atoms with E-state index in [1.165, 1.54) is 37.8 Å². The lowest BCUT2D eigenvalue weighted by molar-refractivity contribution is -0.387. The van der Waals surface area contributed by atoms with E-state index < -0.39 is 14.8 Å². The Morgan fingerprint density at radius 3 is 2.18 bits per heavy atom. The summed E-state index contributed by atoms with van der Waals surface area (Å²) >= 11 is 0. The standard InChI is InChI=1S/C20H31N3O4S/c1-15(2)16-4-6-17(7-5-16)21-10-12-22(13-11-21)18-8-9-19(23(24)25)20(14-18)28(3,26)27/h8-9,14-17H,4-7,10-13H2,1-3H3. The second-order valence-electron chi connectivity index (χ2n) is 8.52. The van der Waals surface area contributed by atoms with Crippen LogP contribution in [0.15, 0.2) is 23.1 Å². The molecule has 1 aromatic rings. The highest BCUT2D eigenvalue weighted by atomic mass is 32.2. The van der Waals surface area contributed by atoms with E-state index in [1.807, 2.05) is 0 Å². The average molecular weight is 410 g/mol. The van der Waals surface area contributed by atoms with Crippen LogP contribution >= 0.6 is 0 Å². The van der Waals surface area contributed by atoms with Crippen molar-refractivity contribution in [3.8, 4) is 0 Å². The summed E-state index contributed by atoms with van der Waals surface area (Å²) in [6.45, 7) is 8.15. The van der Waals surface area contributed by atoms with E-state index in [9.17, 15) is 18.5 Å². The fraction of sp³-hybridized carbons (Fsp3) is 0.700. The molecule has 8 heteroatoms. The zero-order valence-corrected chi connectivity index (χ0v) is 17.8. The maximum absolute atomic E-state index is 12.0. The lowest BCUT2D eigenvalue weighted by Crippen LogP contribution is -2.51. The molecule has 1 aliphatic heterocycles. The molecule has 2 aliphatic rings. The van der Waals surface area contributed by atoms with Crippen LogP contribution in [0.4, 0.5) is 11.4 Å². The van der Waals surface area contributed by atoms with Gasteiger partial charge >= 0.3 is 0 Å². The lowest BCUT2D eigenvalue weighted by atomic mass is 9.79. The van der Waals surface area contributed by atoms with Crippen LogP contribution in [0.25, 0.3) is 0 Å². The first-order valence-electron chi connectivity index (χ1n) is 10.1. The zero-order chi connectivity index (χ0) is 20.5. The van der Waals surface area contributed by atoms with Gasteiger partial charge in [0.2, 0.25) is 0 Å². The van der Waals surface area contributed by atoms with Gasteiger partial charge in [0.1, 0.15) is 4.90 Å². The summed E-state index contributed by atoms with van der Waals surface area (Å²) in [4.78, 5) is 15.0. The van der Waals surface area contributed by atoms with Crippen LogP contribution in [0, 0.1) is 22.0 Å². The molecule has 28 heavy (non-hydrogen) atoms. The van der Waals surface area contributed by atoms with Crippen LogP contribution < -0.4 is 4.90 Å². The highest BCUT2D eigenvalue weighted by molar-refractivity contribution is 7.90. The lowest BCUT2D eigenvalue weighted by Gasteiger charge is -2.43. The van der Waals surface area contributed by atoms with Gasteiger partial charge < -0.3 is 4.90 Å². The van der Waals surface area contributed by atoms with Gasteiger partial charge in [-0.15, -0.1) is 0 Å². The van der Waals surface area contributed by atoms with Gasteiger partial charge in [0.25, 0.3) is 5.69 Å². The number of hydrogen-bond acceptors (Lipinski definition) is 6. The van der Waals surface area contributed by atoms with Gasteiger partial charge in [0.15, 0.2) is 9.84 Å². The Hall–Kier alpha value is -1.67. The van der Waals surface area contributed by atoms with E-state index in [4.69, 9.17) is 0 Å². The van der Waals surface area contributed by atoms with Crippen LogP contribution in [0.2, 0.25) is 0 Å². The number of nitro benzene ring substituents is 1. The van der Waals surface area contributed by atoms with Crippen molar-refractivity contribution in [3.05, 3.63) is 28.3 Å². The van der Waals surface area contributed by atoms with Crippen molar-refractivity contribution in [1.29, 1.82) is 0 Å². The Labute approximate surface area is 167 Å². The van der Waals surface area contributed by atoms with E-state index in [1.54, 1.807) is 6.07 Å². The summed E-state index contributed by atoms with van der Waals surface area (Å²) in [7, 11) is -3.66. The molecular formula is C20H31N3O4S. The number of anilines is 1. The summed E-state index contributed by atoms with van der Waals surface area (Å²) < 4.78 is 24.0. The summed E-state index contributed by atoms with van der Waals surface area (Å²) in [5.74, 6) is 1.62. The molecule has 0 atom stereocenters. The van der Waals surface area contributed by atoms with Crippen molar-refractivity contribution in [2.45, 2.75) is 50.5 Å². The smallest absolute Gasteiger partial charge is 0.288 e. The van der Waals surface area contributed by atoms with Crippen LogP contribution in [-0.2, 0) is 9.84 Å². The Balaban J connectivity index is 1.65. The predicted octanol–water partition coefficient (Wildman–Crippen LogP) is 3.34. The van der Waals surface area contributed by atoms with Crippen LogP contribution in [0.5, 0.6) is 0 Å². The molecule has 2 fully saturated rings. The Morgan fingerprint density at radius 2 is 1.68 bits per heavy atom. The van der Waals surface area contributed by atoms with E-state index in [0.717, 1.165) is 50.0 Å². The first-order chi connectivity index (χ1) is 13.2. The number of nitro groups is 1. The summed E-state index contributed by atoms with van der Waals surface area (Å²) in [5.41, 5.74) is 0.390. The maximum Gasteiger partial charge on any atom is 0.288 e. The number of hydrogen-bond donors (Lipinski definition) is 0. The molecule has 0 bridgehead atoms. The quantitative estimate of drug-likeness (QED) is 0.548. The summed E-state index contributed by atoms with van der Waals surface area (Å²) in [6.07, 6.45) is 6.16. The van der Waals surface area contributed by atoms with Crippen molar-refractivity contribution in [3.63, 3.8) is 0 Å². The van der Waals surface area contributed by atoms with Gasteiger partial charge in [0.05, 0.1) is 4.92 Å². The molecule has 1 aromatic carbocycles. The van der Waals surface area contributed by atoms with Crippen molar-refractivity contribution in [1.82, 2.24) is 4.90 Å². The van der Waals surface area contributed by atoms with Gasteiger partial charge in [-0.25, -0.2) is 8.42 Å². The number of nitrogens with zero attached hydrogens (tertiary/aromatic N) is 3. The predicted molar refractivity (Wildman–Crippen MR) is 111 cm³/mol. The zero-order valence-electron chi connectivity index (χ0n) is 17.0. The highest BCUT2D eigenvalue weighted by Gasteiger charge is 2.30. The third kappa shape index (κ3) is 4.66. The molecule has 156 valence electrons. The molecule has 1 heterocycles. The fourth-order valence-electron chi connectivity index (χ4n) is 4.63. The van der Waals surface area contributed by atoms with Crippen molar-refractivity contribution in [2.75, 3.05) is 37.3 Å². The van der Waals surface area contributed by atoms with Gasteiger partial charge in [-0.1, -0.05) is 13.8 Å². The Kier molecular flexibility index (Phi) is 6.29. The molecule has 7 nitrogen and oxygen atoms in total. The van der Waals surface area contributed by atoms with E-state index in [-0.39, 0.29) is 10.6 Å². The molecule has 1 saturated carbocycles.